The Morgan fingerprint density at radius 3 is 2.88 bits per heavy atom. The van der Waals surface area contributed by atoms with E-state index in [1.54, 1.807) is 0 Å². The molecular weight excluding hydrogens is 266 g/mol. The van der Waals surface area contributed by atoms with E-state index in [0.717, 1.165) is 23.3 Å². The lowest BCUT2D eigenvalue weighted by Crippen LogP contribution is -2.13. The van der Waals surface area contributed by atoms with Gasteiger partial charge in [-0.2, -0.15) is 5.10 Å². The molecule has 0 amide bonds. The van der Waals surface area contributed by atoms with E-state index < -0.39 is 0 Å². The van der Waals surface area contributed by atoms with Crippen LogP contribution in [0.1, 0.15) is 11.3 Å². The highest BCUT2D eigenvalue weighted by Gasteiger charge is 1.97. The van der Waals surface area contributed by atoms with Crippen molar-refractivity contribution in [3.63, 3.8) is 0 Å². The van der Waals surface area contributed by atoms with Gasteiger partial charge in [-0.1, -0.05) is 28.1 Å². The number of hydrogen-bond donors (Lipinski definition) is 1. The number of nitrogens with zero attached hydrogens (tertiary/aromatic N) is 2. The number of nitrogens with one attached hydrogen (secondary N) is 1. The van der Waals surface area contributed by atoms with Gasteiger partial charge >= 0.3 is 0 Å². The van der Waals surface area contributed by atoms with Crippen molar-refractivity contribution in [1.82, 2.24) is 15.1 Å². The third kappa shape index (κ3) is 3.18. The van der Waals surface area contributed by atoms with Crippen LogP contribution in [0.15, 0.2) is 41.0 Å². The van der Waals surface area contributed by atoms with Crippen molar-refractivity contribution < 1.29 is 0 Å². The van der Waals surface area contributed by atoms with Gasteiger partial charge in [0, 0.05) is 30.8 Å². The molecule has 0 radical (unpaired) electrons. The van der Waals surface area contributed by atoms with Gasteiger partial charge in [0.1, 0.15) is 0 Å². The third-order valence-electron chi connectivity index (χ3n) is 2.29. The van der Waals surface area contributed by atoms with E-state index in [0.29, 0.717) is 0 Å². The van der Waals surface area contributed by atoms with Crippen molar-refractivity contribution in [2.45, 2.75) is 13.1 Å². The summed E-state index contributed by atoms with van der Waals surface area (Å²) >= 11 is 3.46. The lowest BCUT2D eigenvalue weighted by molar-refractivity contribution is 0.656. The molecule has 0 atom stereocenters. The predicted molar refractivity (Wildman–Crippen MR) is 67.9 cm³/mol. The SMILES string of the molecule is Cn1ccc(CNCc2cccc(Br)c2)n1. The molecule has 2 rings (SSSR count). The first-order chi connectivity index (χ1) is 7.74. The van der Waals surface area contributed by atoms with E-state index in [9.17, 15) is 0 Å². The van der Waals surface area contributed by atoms with Crippen LogP contribution in [0.3, 0.4) is 0 Å². The first kappa shape index (κ1) is 11.4. The summed E-state index contributed by atoms with van der Waals surface area (Å²) < 4.78 is 2.93. The molecular formula is C12H14BrN3. The van der Waals surface area contributed by atoms with Crippen molar-refractivity contribution >= 4 is 15.9 Å². The summed E-state index contributed by atoms with van der Waals surface area (Å²) in [5.41, 5.74) is 2.34. The largest absolute Gasteiger partial charge is 0.307 e. The standard InChI is InChI=1S/C12H14BrN3/c1-16-6-5-12(15-16)9-14-8-10-3-2-4-11(13)7-10/h2-7,14H,8-9H2,1H3. The molecule has 0 saturated heterocycles. The number of rotatable bonds is 4. The van der Waals surface area contributed by atoms with Crippen LogP contribution in [0, 0.1) is 0 Å². The molecule has 4 heteroatoms. The Morgan fingerprint density at radius 2 is 2.19 bits per heavy atom. The second kappa shape index (κ2) is 5.27. The van der Waals surface area contributed by atoms with Gasteiger partial charge in [-0.15, -0.1) is 0 Å². The average molecular weight is 280 g/mol. The molecule has 1 N–H and O–H groups in total. The lowest BCUT2D eigenvalue weighted by atomic mass is 10.2. The van der Waals surface area contributed by atoms with Crippen LogP contribution in [0.2, 0.25) is 0 Å². The number of hydrogen-bond acceptors (Lipinski definition) is 2. The van der Waals surface area contributed by atoms with E-state index in [2.05, 4.69) is 38.5 Å². The molecule has 16 heavy (non-hydrogen) atoms. The molecule has 0 unspecified atom stereocenters. The van der Waals surface area contributed by atoms with Crippen LogP contribution in [-0.4, -0.2) is 9.78 Å². The fourth-order valence-electron chi connectivity index (χ4n) is 1.54. The van der Waals surface area contributed by atoms with E-state index in [-0.39, 0.29) is 0 Å². The molecule has 0 aliphatic carbocycles. The topological polar surface area (TPSA) is 29.9 Å². The Labute approximate surface area is 104 Å². The van der Waals surface area contributed by atoms with Gasteiger partial charge in [0.15, 0.2) is 0 Å². The number of halogens is 1. The molecule has 1 aromatic carbocycles. The molecule has 0 aliphatic rings. The van der Waals surface area contributed by atoms with Crippen molar-refractivity contribution in [3.8, 4) is 0 Å². The number of benzene rings is 1. The Kier molecular flexibility index (Phi) is 3.74. The van der Waals surface area contributed by atoms with Crippen molar-refractivity contribution in [3.05, 3.63) is 52.3 Å². The summed E-state index contributed by atoms with van der Waals surface area (Å²) in [6.45, 7) is 1.66. The first-order valence-corrected chi connectivity index (χ1v) is 5.97. The molecule has 0 fully saturated rings. The summed E-state index contributed by atoms with van der Waals surface area (Å²) in [6, 6.07) is 10.3. The highest BCUT2D eigenvalue weighted by Crippen LogP contribution is 2.11. The predicted octanol–water partition coefficient (Wildman–Crippen LogP) is 2.47. The quantitative estimate of drug-likeness (QED) is 0.932. The van der Waals surface area contributed by atoms with E-state index in [1.807, 2.05) is 36.1 Å². The molecule has 1 aromatic heterocycles. The van der Waals surface area contributed by atoms with Crippen molar-refractivity contribution in [2.24, 2.45) is 7.05 Å². The Hall–Kier alpha value is -1.13. The van der Waals surface area contributed by atoms with Gasteiger partial charge in [0.25, 0.3) is 0 Å². The molecule has 0 saturated carbocycles. The zero-order valence-corrected chi connectivity index (χ0v) is 10.7. The second-order valence-corrected chi connectivity index (χ2v) is 4.63. The Balaban J connectivity index is 1.84. The molecule has 0 bridgehead atoms. The molecule has 0 aliphatic heterocycles. The summed E-state index contributed by atoms with van der Waals surface area (Å²) in [5, 5.41) is 7.67. The average Bonchev–Trinajstić information content (AvgIpc) is 2.64. The highest BCUT2D eigenvalue weighted by atomic mass is 79.9. The van der Waals surface area contributed by atoms with Gasteiger partial charge in [0.2, 0.25) is 0 Å². The smallest absolute Gasteiger partial charge is 0.0762 e. The summed E-state index contributed by atoms with van der Waals surface area (Å²) in [7, 11) is 1.93. The zero-order chi connectivity index (χ0) is 11.4. The van der Waals surface area contributed by atoms with E-state index in [1.165, 1.54) is 5.56 Å². The van der Waals surface area contributed by atoms with Gasteiger partial charge < -0.3 is 5.32 Å². The van der Waals surface area contributed by atoms with Crippen LogP contribution in [0.4, 0.5) is 0 Å². The Morgan fingerprint density at radius 1 is 1.31 bits per heavy atom. The van der Waals surface area contributed by atoms with Crippen LogP contribution in [0.5, 0.6) is 0 Å². The maximum atomic E-state index is 4.30. The summed E-state index contributed by atoms with van der Waals surface area (Å²) in [6.07, 6.45) is 1.95. The van der Waals surface area contributed by atoms with Crippen LogP contribution in [0.25, 0.3) is 0 Å². The third-order valence-corrected chi connectivity index (χ3v) is 2.79. The molecule has 0 spiro atoms. The normalized spacial score (nSPS) is 10.6. The first-order valence-electron chi connectivity index (χ1n) is 5.18. The minimum atomic E-state index is 0.799. The number of aromatic nitrogens is 2. The highest BCUT2D eigenvalue weighted by molar-refractivity contribution is 9.10. The monoisotopic (exact) mass is 279 g/mol. The summed E-state index contributed by atoms with van der Waals surface area (Å²) in [4.78, 5) is 0. The van der Waals surface area contributed by atoms with E-state index >= 15 is 0 Å². The van der Waals surface area contributed by atoms with Gasteiger partial charge in [-0.25, -0.2) is 0 Å². The van der Waals surface area contributed by atoms with Gasteiger partial charge in [0.05, 0.1) is 5.69 Å². The maximum Gasteiger partial charge on any atom is 0.0762 e. The molecule has 3 nitrogen and oxygen atoms in total. The van der Waals surface area contributed by atoms with Crippen LogP contribution >= 0.6 is 15.9 Å². The molecule has 1 heterocycles. The van der Waals surface area contributed by atoms with Crippen LogP contribution in [-0.2, 0) is 20.1 Å². The minimum absolute atomic E-state index is 0.799. The van der Waals surface area contributed by atoms with Crippen molar-refractivity contribution in [2.75, 3.05) is 0 Å². The molecule has 84 valence electrons. The molecule has 2 aromatic rings. The maximum absolute atomic E-state index is 4.30. The summed E-state index contributed by atoms with van der Waals surface area (Å²) in [5.74, 6) is 0. The van der Waals surface area contributed by atoms with Crippen molar-refractivity contribution in [1.29, 1.82) is 0 Å². The van der Waals surface area contributed by atoms with Gasteiger partial charge in [-0.05, 0) is 23.8 Å². The van der Waals surface area contributed by atoms with Crippen LogP contribution < -0.4 is 5.32 Å². The lowest BCUT2D eigenvalue weighted by Gasteiger charge is -2.03. The van der Waals surface area contributed by atoms with E-state index in [4.69, 9.17) is 0 Å². The number of aryl methyl sites for hydroxylation is 1. The fraction of sp³-hybridized carbons (Fsp3) is 0.250. The fourth-order valence-corrected chi connectivity index (χ4v) is 1.99. The zero-order valence-electron chi connectivity index (χ0n) is 9.15. The minimum Gasteiger partial charge on any atom is -0.307 e. The Bertz CT molecular complexity index is 465. The second-order valence-electron chi connectivity index (χ2n) is 3.71. The van der Waals surface area contributed by atoms with Gasteiger partial charge in [-0.3, -0.25) is 4.68 Å².